The first-order valence-corrected chi connectivity index (χ1v) is 4.43. The van der Waals surface area contributed by atoms with Gasteiger partial charge in [0.1, 0.15) is 0 Å². The average Bonchev–Trinajstić information content (AvgIpc) is 2.33. The molecule has 0 heterocycles. The van der Waals surface area contributed by atoms with Gasteiger partial charge in [0.2, 0.25) is 17.5 Å². The molecule has 0 aromatic rings. The zero-order chi connectivity index (χ0) is 19.4. The van der Waals surface area contributed by atoms with Crippen LogP contribution < -0.4 is 0 Å². The lowest BCUT2D eigenvalue weighted by Crippen LogP contribution is -2.37. The van der Waals surface area contributed by atoms with E-state index in [9.17, 15) is 65.9 Å². The van der Waals surface area contributed by atoms with Crippen molar-refractivity contribution in [1.82, 2.24) is 0 Å². The van der Waals surface area contributed by atoms with E-state index in [4.69, 9.17) is 0 Å². The molecule has 15 heteroatoms. The molecule has 0 aromatic carbocycles. The molecule has 0 rings (SSSR count). The largest absolute Gasteiger partial charge is 0.460 e. The number of hydrogen-bond acceptors (Lipinski definition) is 0. The van der Waals surface area contributed by atoms with Gasteiger partial charge in [0.25, 0.3) is 6.43 Å². The third kappa shape index (κ3) is 7.02. The highest BCUT2D eigenvalue weighted by Crippen LogP contribution is 2.43. The predicted molar refractivity (Wildman–Crippen MR) is 42.7 cm³/mol. The molecule has 23 heavy (non-hydrogen) atoms. The van der Waals surface area contributed by atoms with Crippen LogP contribution in [0.3, 0.4) is 0 Å². The molecule has 0 unspecified atom stereocenters. The van der Waals surface area contributed by atoms with Crippen LogP contribution in [0.2, 0.25) is 0 Å². The molecule has 0 aliphatic heterocycles. The molecular weight excluding hydrogens is 381 g/mol. The normalized spacial score (nSPS) is 14.1. The molecule has 0 aliphatic carbocycles. The van der Waals surface area contributed by atoms with Crippen molar-refractivity contribution in [3.8, 4) is 0 Å². The van der Waals surface area contributed by atoms with E-state index in [-0.39, 0.29) is 0 Å². The zero-order valence-electron chi connectivity index (χ0n) is 9.75. The first kappa shape index (κ1) is 23.7. The molecule has 0 bridgehead atoms. The van der Waals surface area contributed by atoms with E-state index in [1.54, 1.807) is 0 Å². The third-order valence-electron chi connectivity index (χ3n) is 1.45. The van der Waals surface area contributed by atoms with Gasteiger partial charge in [0, 0.05) is 0 Å². The van der Waals surface area contributed by atoms with Gasteiger partial charge in [-0.3, -0.25) is 0 Å². The first-order valence-electron chi connectivity index (χ1n) is 4.43. The summed E-state index contributed by atoms with van der Waals surface area (Å²) in [7, 11) is 0. The van der Waals surface area contributed by atoms with E-state index < -0.39 is 48.3 Å². The van der Waals surface area contributed by atoms with E-state index >= 15 is 0 Å². The molecular formula is C8HF15. The molecule has 0 radical (unpaired) electrons. The molecule has 0 saturated carbocycles. The maximum Gasteiger partial charge on any atom is 0.460 e. The van der Waals surface area contributed by atoms with Crippen LogP contribution in [0.1, 0.15) is 0 Å². The molecule has 138 valence electrons. The van der Waals surface area contributed by atoms with E-state index in [0.717, 1.165) is 0 Å². The smallest absolute Gasteiger partial charge is 0.202 e. The second kappa shape index (κ2) is 7.81. The highest BCUT2D eigenvalue weighted by molar-refractivity contribution is 5.08. The van der Waals surface area contributed by atoms with Crippen LogP contribution in [0.15, 0.2) is 23.6 Å². The number of alkyl halides is 10. The Labute approximate surface area is 115 Å². The minimum Gasteiger partial charge on any atom is -0.202 e. The van der Waals surface area contributed by atoms with Gasteiger partial charge in [-0.2, -0.15) is 52.7 Å². The monoisotopic (exact) mass is 382 g/mol. The SMILES string of the molecule is F/C(=C(/F)C(F)(F)F)C(F)F.FC(F)=C(F)C(F)(F)C(F)(F)F. The van der Waals surface area contributed by atoms with Crippen LogP contribution in [-0.4, -0.2) is 24.7 Å². The second-order valence-corrected chi connectivity index (χ2v) is 3.11. The minimum absolute atomic E-state index is 3.09. The van der Waals surface area contributed by atoms with Gasteiger partial charge in [0.15, 0.2) is 0 Å². The minimum atomic E-state index is -6.35. The summed E-state index contributed by atoms with van der Waals surface area (Å²) in [5.41, 5.74) is 0. The summed E-state index contributed by atoms with van der Waals surface area (Å²) >= 11 is 0. The average molecular weight is 382 g/mol. The van der Waals surface area contributed by atoms with Gasteiger partial charge >= 0.3 is 24.4 Å². The number of rotatable bonds is 2. The summed E-state index contributed by atoms with van der Waals surface area (Å²) < 4.78 is 168. The Kier molecular flexibility index (Phi) is 8.04. The predicted octanol–water partition coefficient (Wildman–Crippen LogP) is 6.23. The summed E-state index contributed by atoms with van der Waals surface area (Å²) in [5.74, 6) is -16.4. The lowest BCUT2D eigenvalue weighted by atomic mass is 10.3. The lowest BCUT2D eigenvalue weighted by molar-refractivity contribution is -0.271. The maximum atomic E-state index is 11.5. The molecule has 0 atom stereocenters. The van der Waals surface area contributed by atoms with Crippen molar-refractivity contribution >= 4 is 0 Å². The maximum absolute atomic E-state index is 11.5. The number of hydrogen-bond donors (Lipinski definition) is 0. The molecule has 0 amide bonds. The Morgan fingerprint density at radius 3 is 1.04 bits per heavy atom. The van der Waals surface area contributed by atoms with Gasteiger partial charge in [0.05, 0.1) is 0 Å². The van der Waals surface area contributed by atoms with E-state index in [1.165, 1.54) is 0 Å². The molecule has 0 N–H and O–H groups in total. The summed E-state index contributed by atoms with van der Waals surface area (Å²) in [6.07, 6.45) is -19.8. The van der Waals surface area contributed by atoms with Gasteiger partial charge in [-0.15, -0.1) is 0 Å². The van der Waals surface area contributed by atoms with E-state index in [1.807, 2.05) is 0 Å². The summed E-state index contributed by atoms with van der Waals surface area (Å²) in [6, 6.07) is 0. The van der Waals surface area contributed by atoms with Crippen molar-refractivity contribution in [2.45, 2.75) is 24.7 Å². The Morgan fingerprint density at radius 1 is 0.609 bits per heavy atom. The first-order chi connectivity index (χ1) is 9.87. The van der Waals surface area contributed by atoms with Crippen LogP contribution in [0, 0.1) is 0 Å². The topological polar surface area (TPSA) is 0 Å². The quantitative estimate of drug-likeness (QED) is 0.497. The molecule has 0 nitrogen and oxygen atoms in total. The summed E-state index contributed by atoms with van der Waals surface area (Å²) in [4.78, 5) is 0. The van der Waals surface area contributed by atoms with Crippen molar-refractivity contribution < 1.29 is 65.9 Å². The Bertz CT molecular complexity index is 443. The van der Waals surface area contributed by atoms with E-state index in [0.29, 0.717) is 0 Å². The number of allylic oxidation sites excluding steroid dienone is 3. The lowest BCUT2D eigenvalue weighted by Gasteiger charge is -2.16. The molecule has 0 aliphatic rings. The molecule has 0 fully saturated rings. The highest BCUT2D eigenvalue weighted by atomic mass is 19.4. The van der Waals surface area contributed by atoms with Crippen molar-refractivity contribution in [3.05, 3.63) is 23.6 Å². The second-order valence-electron chi connectivity index (χ2n) is 3.11. The fourth-order valence-electron chi connectivity index (χ4n) is 0.474. The van der Waals surface area contributed by atoms with E-state index in [2.05, 4.69) is 0 Å². The zero-order valence-corrected chi connectivity index (χ0v) is 9.75. The fourth-order valence-corrected chi connectivity index (χ4v) is 0.474. The van der Waals surface area contributed by atoms with Crippen LogP contribution in [0.5, 0.6) is 0 Å². The third-order valence-corrected chi connectivity index (χ3v) is 1.45. The van der Waals surface area contributed by atoms with Crippen molar-refractivity contribution in [1.29, 1.82) is 0 Å². The summed E-state index contributed by atoms with van der Waals surface area (Å²) in [5, 5.41) is 0. The highest BCUT2D eigenvalue weighted by Gasteiger charge is 2.62. The molecule has 0 spiro atoms. The Balaban J connectivity index is 0. The van der Waals surface area contributed by atoms with Gasteiger partial charge in [-0.05, 0) is 0 Å². The Hall–Kier alpha value is -1.57. The molecule has 0 saturated heterocycles. The van der Waals surface area contributed by atoms with Gasteiger partial charge < -0.3 is 0 Å². The summed E-state index contributed by atoms with van der Waals surface area (Å²) in [6.45, 7) is 0. The van der Waals surface area contributed by atoms with Crippen LogP contribution in [0.25, 0.3) is 0 Å². The van der Waals surface area contributed by atoms with Crippen LogP contribution >= 0.6 is 0 Å². The van der Waals surface area contributed by atoms with Crippen LogP contribution in [-0.2, 0) is 0 Å². The van der Waals surface area contributed by atoms with Gasteiger partial charge in [-0.25, -0.2) is 13.2 Å². The van der Waals surface area contributed by atoms with Crippen LogP contribution in [0.4, 0.5) is 65.9 Å². The molecule has 0 aromatic heterocycles. The standard InChI is InChI=1S/C4F8.C4HF7/c5-1(2(6)7)3(8,9)4(10,11)12;5-1(3(7)8)2(6)4(9,10)11/h;3H/b;2-1+. The fraction of sp³-hybridized carbons (Fsp3) is 0.500. The number of halogens is 15. The Morgan fingerprint density at radius 2 is 0.957 bits per heavy atom. The van der Waals surface area contributed by atoms with Crippen molar-refractivity contribution in [2.24, 2.45) is 0 Å². The van der Waals surface area contributed by atoms with Crippen molar-refractivity contribution in [2.75, 3.05) is 0 Å². The van der Waals surface area contributed by atoms with Crippen molar-refractivity contribution in [3.63, 3.8) is 0 Å². The van der Waals surface area contributed by atoms with Gasteiger partial charge in [-0.1, -0.05) is 0 Å².